The summed E-state index contributed by atoms with van der Waals surface area (Å²) in [5.74, 6) is 0.304. The first-order valence-corrected chi connectivity index (χ1v) is 7.46. The number of morpholine rings is 1. The predicted octanol–water partition coefficient (Wildman–Crippen LogP) is 2.60. The van der Waals surface area contributed by atoms with E-state index in [9.17, 15) is 4.79 Å². The number of hydrogen-bond acceptors (Lipinski definition) is 5. The van der Waals surface area contributed by atoms with E-state index < -0.39 is 5.97 Å². The zero-order chi connectivity index (χ0) is 16.3. The van der Waals surface area contributed by atoms with Crippen LogP contribution in [0.3, 0.4) is 0 Å². The molecule has 7 heteroatoms. The summed E-state index contributed by atoms with van der Waals surface area (Å²) in [4.78, 5) is 22.8. The number of hydrogen-bond donors (Lipinski definition) is 0. The van der Waals surface area contributed by atoms with Crippen LogP contribution in [0.5, 0.6) is 0 Å². The lowest BCUT2D eigenvalue weighted by molar-refractivity contribution is 0.0330. The highest BCUT2D eigenvalue weighted by molar-refractivity contribution is 6.32. The van der Waals surface area contributed by atoms with E-state index in [0.717, 1.165) is 12.4 Å². The summed E-state index contributed by atoms with van der Waals surface area (Å²) in [5.41, 5.74) is 1.38. The number of aliphatic imine (C=N–C) groups is 1. The quantitative estimate of drug-likeness (QED) is 0.362. The molecule has 6 nitrogen and oxygen atoms in total. The molecule has 22 heavy (non-hydrogen) atoms. The Balaban J connectivity index is 2.45. The van der Waals surface area contributed by atoms with E-state index in [1.54, 1.807) is 13.1 Å². The number of ether oxygens (including phenoxy) is 2. The van der Waals surface area contributed by atoms with Crippen molar-refractivity contribution in [1.82, 2.24) is 9.88 Å². The molecule has 0 aromatic carbocycles. The first kappa shape index (κ1) is 16.7. The monoisotopic (exact) mass is 325 g/mol. The number of methoxy groups -OCH3 is 1. The van der Waals surface area contributed by atoms with Crippen molar-refractivity contribution < 1.29 is 14.3 Å². The third-order valence-corrected chi connectivity index (χ3v) is 3.92. The van der Waals surface area contributed by atoms with E-state index in [2.05, 4.69) is 21.8 Å². The third-order valence-electron chi connectivity index (χ3n) is 3.64. The first-order chi connectivity index (χ1) is 10.5. The van der Waals surface area contributed by atoms with Gasteiger partial charge in [-0.1, -0.05) is 11.6 Å². The fourth-order valence-electron chi connectivity index (χ4n) is 2.46. The Morgan fingerprint density at radius 1 is 1.59 bits per heavy atom. The summed E-state index contributed by atoms with van der Waals surface area (Å²) in [5, 5.41) is 0.186. The number of aromatic nitrogens is 1. The maximum absolute atomic E-state index is 12.0. The van der Waals surface area contributed by atoms with Gasteiger partial charge in [0.15, 0.2) is 5.15 Å². The van der Waals surface area contributed by atoms with Crippen LogP contribution in [0.4, 0.5) is 5.69 Å². The Morgan fingerprint density at radius 3 is 2.95 bits per heavy atom. The number of carbonyl (C=O) groups excluding carboxylic acids is 1. The van der Waals surface area contributed by atoms with E-state index in [-0.39, 0.29) is 11.2 Å². The van der Waals surface area contributed by atoms with Crippen molar-refractivity contribution in [3.63, 3.8) is 0 Å². The topological polar surface area (TPSA) is 64.0 Å². The second kappa shape index (κ2) is 7.07. The Kier molecular flexibility index (Phi) is 5.37. The molecule has 0 aliphatic carbocycles. The third kappa shape index (κ3) is 3.39. The second-order valence-electron chi connectivity index (χ2n) is 5.22. The Bertz CT molecular complexity index is 604. The molecular weight excluding hydrogens is 306 g/mol. The van der Waals surface area contributed by atoms with Crippen LogP contribution in [-0.2, 0) is 9.47 Å². The van der Waals surface area contributed by atoms with Gasteiger partial charge < -0.3 is 14.4 Å². The molecule has 1 atom stereocenters. The zero-order valence-corrected chi connectivity index (χ0v) is 14.0. The first-order valence-electron chi connectivity index (χ1n) is 7.08. The van der Waals surface area contributed by atoms with Crippen LogP contribution in [0.25, 0.3) is 0 Å². The van der Waals surface area contributed by atoms with Gasteiger partial charge in [-0.25, -0.2) is 14.8 Å². The van der Waals surface area contributed by atoms with E-state index in [1.807, 2.05) is 6.92 Å². The molecule has 0 unspecified atom stereocenters. The average Bonchev–Trinajstić information content (AvgIpc) is 2.50. The van der Waals surface area contributed by atoms with Gasteiger partial charge in [-0.05, 0) is 26.3 Å². The summed E-state index contributed by atoms with van der Waals surface area (Å²) >= 11 is 6.15. The number of aryl methyl sites for hydroxylation is 1. The van der Waals surface area contributed by atoms with Crippen LogP contribution in [0, 0.1) is 6.92 Å². The molecule has 0 radical (unpaired) electrons. The van der Waals surface area contributed by atoms with Crippen LogP contribution < -0.4 is 0 Å². The van der Waals surface area contributed by atoms with Gasteiger partial charge in [-0.15, -0.1) is 0 Å². The molecule has 0 saturated carbocycles. The summed E-state index contributed by atoms with van der Waals surface area (Å²) in [7, 11) is 1.33. The molecule has 1 saturated heterocycles. The number of halogens is 1. The highest BCUT2D eigenvalue weighted by Gasteiger charge is 2.23. The SMILES string of the molecule is COC(=O)c1c(C)cnc(Cl)c1N=C(C)N1CCOC[C@H]1C. The van der Waals surface area contributed by atoms with Gasteiger partial charge in [-0.2, -0.15) is 0 Å². The molecular formula is C15H20ClN3O3. The molecule has 120 valence electrons. The standard InChI is InChI=1S/C15H20ClN3O3/c1-9-7-17-14(16)13(12(9)15(20)21-4)18-11(3)19-5-6-22-8-10(19)2/h7,10H,5-6,8H2,1-4H3/t10-/m1/s1. The summed E-state index contributed by atoms with van der Waals surface area (Å²) < 4.78 is 10.3. The molecule has 1 aliphatic rings. The van der Waals surface area contributed by atoms with Gasteiger partial charge in [0.25, 0.3) is 0 Å². The van der Waals surface area contributed by atoms with Gasteiger partial charge in [0.1, 0.15) is 11.5 Å². The molecule has 2 heterocycles. The number of pyridine rings is 1. The summed E-state index contributed by atoms with van der Waals surface area (Å²) in [6, 6.07) is 0.218. The molecule has 2 rings (SSSR count). The van der Waals surface area contributed by atoms with E-state index in [0.29, 0.717) is 30.0 Å². The molecule has 1 fully saturated rings. The Morgan fingerprint density at radius 2 is 2.32 bits per heavy atom. The van der Waals surface area contributed by atoms with E-state index >= 15 is 0 Å². The highest BCUT2D eigenvalue weighted by Crippen LogP contribution is 2.30. The Labute approximate surface area is 135 Å². The maximum Gasteiger partial charge on any atom is 0.340 e. The molecule has 1 aromatic heterocycles. The van der Waals surface area contributed by atoms with E-state index in [4.69, 9.17) is 21.1 Å². The van der Waals surface area contributed by atoms with Crippen LogP contribution in [-0.4, -0.2) is 54.6 Å². The van der Waals surface area contributed by atoms with Crippen LogP contribution in [0.1, 0.15) is 29.8 Å². The smallest absolute Gasteiger partial charge is 0.340 e. The van der Waals surface area contributed by atoms with Crippen molar-refractivity contribution in [3.8, 4) is 0 Å². The molecule has 0 spiro atoms. The normalized spacial score (nSPS) is 19.2. The molecule has 0 bridgehead atoms. The van der Waals surface area contributed by atoms with Crippen molar-refractivity contribution in [3.05, 3.63) is 22.5 Å². The lowest BCUT2D eigenvalue weighted by Crippen LogP contribution is -2.46. The van der Waals surface area contributed by atoms with Crippen molar-refractivity contribution in [2.75, 3.05) is 26.9 Å². The number of rotatable bonds is 2. The van der Waals surface area contributed by atoms with Crippen LogP contribution in [0.15, 0.2) is 11.2 Å². The minimum absolute atomic E-state index is 0.186. The number of carbonyl (C=O) groups is 1. The fourth-order valence-corrected chi connectivity index (χ4v) is 2.65. The van der Waals surface area contributed by atoms with E-state index in [1.165, 1.54) is 7.11 Å². The maximum atomic E-state index is 12.0. The van der Waals surface area contributed by atoms with Gasteiger partial charge >= 0.3 is 5.97 Å². The minimum Gasteiger partial charge on any atom is -0.465 e. The largest absolute Gasteiger partial charge is 0.465 e. The molecule has 1 aliphatic heterocycles. The number of esters is 1. The highest BCUT2D eigenvalue weighted by atomic mass is 35.5. The fraction of sp³-hybridized carbons (Fsp3) is 0.533. The minimum atomic E-state index is -0.469. The zero-order valence-electron chi connectivity index (χ0n) is 13.2. The van der Waals surface area contributed by atoms with Gasteiger partial charge in [0, 0.05) is 12.7 Å². The van der Waals surface area contributed by atoms with Gasteiger partial charge in [-0.3, -0.25) is 0 Å². The predicted molar refractivity (Wildman–Crippen MR) is 85.1 cm³/mol. The van der Waals surface area contributed by atoms with Gasteiger partial charge in [0.2, 0.25) is 0 Å². The van der Waals surface area contributed by atoms with Crippen LogP contribution in [0.2, 0.25) is 5.15 Å². The number of nitrogens with zero attached hydrogens (tertiary/aromatic N) is 3. The molecule has 1 aromatic rings. The van der Waals surface area contributed by atoms with Crippen molar-refractivity contribution in [2.24, 2.45) is 4.99 Å². The van der Waals surface area contributed by atoms with Crippen LogP contribution >= 0.6 is 11.6 Å². The summed E-state index contributed by atoms with van der Waals surface area (Å²) in [6.07, 6.45) is 1.54. The van der Waals surface area contributed by atoms with Crippen molar-refractivity contribution in [1.29, 1.82) is 0 Å². The Hall–Kier alpha value is -1.66. The average molecular weight is 326 g/mol. The molecule has 0 amide bonds. The van der Waals surface area contributed by atoms with Crippen molar-refractivity contribution >= 4 is 29.1 Å². The molecule has 0 N–H and O–H groups in total. The van der Waals surface area contributed by atoms with Gasteiger partial charge in [0.05, 0.1) is 31.9 Å². The number of amidine groups is 1. The lowest BCUT2D eigenvalue weighted by Gasteiger charge is -2.34. The summed E-state index contributed by atoms with van der Waals surface area (Å²) in [6.45, 7) is 7.79. The lowest BCUT2D eigenvalue weighted by atomic mass is 10.1. The van der Waals surface area contributed by atoms with Crippen molar-refractivity contribution in [2.45, 2.75) is 26.8 Å². The second-order valence-corrected chi connectivity index (χ2v) is 5.58.